The van der Waals surface area contributed by atoms with Crippen LogP contribution in [0.2, 0.25) is 0 Å². The van der Waals surface area contributed by atoms with Crippen LogP contribution >= 0.6 is 0 Å². The van der Waals surface area contributed by atoms with E-state index in [0.29, 0.717) is 0 Å². The first-order chi connectivity index (χ1) is 8.02. The molecule has 4 nitrogen and oxygen atoms in total. The number of nitrogens with zero attached hydrogens (tertiary/aromatic N) is 1. The van der Waals surface area contributed by atoms with Gasteiger partial charge in [-0.2, -0.15) is 0 Å². The molecule has 0 bridgehead atoms. The van der Waals surface area contributed by atoms with Gasteiger partial charge >= 0.3 is 5.97 Å². The van der Waals surface area contributed by atoms with Crippen molar-refractivity contribution >= 4 is 5.97 Å². The summed E-state index contributed by atoms with van der Waals surface area (Å²) in [7, 11) is 0. The van der Waals surface area contributed by atoms with E-state index < -0.39 is 5.97 Å². The molecule has 17 heavy (non-hydrogen) atoms. The molecule has 2 saturated heterocycles. The predicted molar refractivity (Wildman–Crippen MR) is 65.0 cm³/mol. The molecule has 0 spiro atoms. The van der Waals surface area contributed by atoms with E-state index in [9.17, 15) is 9.90 Å². The highest BCUT2D eigenvalue weighted by molar-refractivity contribution is 5.68. The molecule has 0 aromatic heterocycles. The third kappa shape index (κ3) is 2.80. The number of hydrogen-bond acceptors (Lipinski definition) is 3. The van der Waals surface area contributed by atoms with Crippen molar-refractivity contribution in [1.82, 2.24) is 4.90 Å². The summed E-state index contributed by atoms with van der Waals surface area (Å²) in [5.74, 6) is -0.682. The summed E-state index contributed by atoms with van der Waals surface area (Å²) in [6.45, 7) is 6.21. The summed E-state index contributed by atoms with van der Waals surface area (Å²) >= 11 is 0. The monoisotopic (exact) mass is 241 g/mol. The standard InChI is InChI=1S/C13H23NO3/c1-10-7-13(9-12(15)16,8-11(2)17-10)14-5-3-4-6-14/h10-11H,3-9H2,1-2H3,(H,15,16). The van der Waals surface area contributed by atoms with Gasteiger partial charge in [0.25, 0.3) is 0 Å². The van der Waals surface area contributed by atoms with Crippen LogP contribution in [0.25, 0.3) is 0 Å². The van der Waals surface area contributed by atoms with E-state index >= 15 is 0 Å². The normalized spacial score (nSPS) is 39.4. The summed E-state index contributed by atoms with van der Waals surface area (Å²) in [5, 5.41) is 9.20. The highest BCUT2D eigenvalue weighted by Crippen LogP contribution is 2.38. The topological polar surface area (TPSA) is 49.8 Å². The lowest BCUT2D eigenvalue weighted by Gasteiger charge is -2.48. The number of rotatable bonds is 3. The fraction of sp³-hybridized carbons (Fsp3) is 0.923. The Balaban J connectivity index is 2.18. The Morgan fingerprint density at radius 2 is 1.82 bits per heavy atom. The Labute approximate surface area is 103 Å². The molecular weight excluding hydrogens is 218 g/mol. The maximum atomic E-state index is 11.2. The minimum Gasteiger partial charge on any atom is -0.481 e. The lowest BCUT2D eigenvalue weighted by molar-refractivity contribution is -0.147. The number of likely N-dealkylation sites (tertiary alicyclic amines) is 1. The third-order valence-corrected chi connectivity index (χ3v) is 4.06. The van der Waals surface area contributed by atoms with Gasteiger partial charge in [0.1, 0.15) is 0 Å². The van der Waals surface area contributed by atoms with Crippen molar-refractivity contribution in [2.75, 3.05) is 13.1 Å². The van der Waals surface area contributed by atoms with Crippen molar-refractivity contribution in [3.05, 3.63) is 0 Å². The first kappa shape index (κ1) is 12.8. The van der Waals surface area contributed by atoms with Crippen molar-refractivity contribution in [2.24, 2.45) is 0 Å². The Hall–Kier alpha value is -0.610. The molecule has 0 radical (unpaired) electrons. The third-order valence-electron chi connectivity index (χ3n) is 4.06. The van der Waals surface area contributed by atoms with Gasteiger partial charge < -0.3 is 9.84 Å². The number of ether oxygens (including phenoxy) is 1. The number of carbonyl (C=O) groups is 1. The van der Waals surface area contributed by atoms with Crippen molar-refractivity contribution in [2.45, 2.75) is 63.7 Å². The summed E-state index contributed by atoms with van der Waals surface area (Å²) < 4.78 is 5.76. The second-order valence-corrected chi connectivity index (χ2v) is 5.65. The minimum atomic E-state index is -0.682. The minimum absolute atomic E-state index is 0.165. The van der Waals surface area contributed by atoms with Gasteiger partial charge in [0, 0.05) is 5.54 Å². The number of carboxylic acids is 1. The van der Waals surface area contributed by atoms with Crippen LogP contribution in [-0.4, -0.2) is 46.8 Å². The van der Waals surface area contributed by atoms with Gasteiger partial charge in [-0.15, -0.1) is 0 Å². The van der Waals surface area contributed by atoms with Crippen molar-refractivity contribution < 1.29 is 14.6 Å². The molecule has 2 aliphatic heterocycles. The second kappa shape index (κ2) is 4.94. The van der Waals surface area contributed by atoms with E-state index in [-0.39, 0.29) is 24.2 Å². The van der Waals surface area contributed by atoms with Crippen LogP contribution < -0.4 is 0 Å². The van der Waals surface area contributed by atoms with Crippen molar-refractivity contribution in [3.63, 3.8) is 0 Å². The molecule has 2 heterocycles. The van der Waals surface area contributed by atoms with E-state index in [1.54, 1.807) is 0 Å². The zero-order valence-corrected chi connectivity index (χ0v) is 10.8. The van der Waals surface area contributed by atoms with E-state index in [2.05, 4.69) is 18.7 Å². The Morgan fingerprint density at radius 1 is 1.29 bits per heavy atom. The van der Waals surface area contributed by atoms with Crippen LogP contribution in [0.3, 0.4) is 0 Å². The fourth-order valence-corrected chi connectivity index (χ4v) is 3.63. The van der Waals surface area contributed by atoms with Gasteiger partial charge in [0.05, 0.1) is 18.6 Å². The van der Waals surface area contributed by atoms with Crippen LogP contribution in [-0.2, 0) is 9.53 Å². The fourth-order valence-electron chi connectivity index (χ4n) is 3.63. The van der Waals surface area contributed by atoms with Gasteiger partial charge in [-0.25, -0.2) is 0 Å². The molecular formula is C13H23NO3. The molecule has 0 aliphatic carbocycles. The van der Waals surface area contributed by atoms with Crippen LogP contribution in [0.15, 0.2) is 0 Å². The molecule has 2 aliphatic rings. The molecule has 2 fully saturated rings. The number of carboxylic acid groups (broad SMARTS) is 1. The Bertz CT molecular complexity index is 276. The van der Waals surface area contributed by atoms with Gasteiger partial charge in [-0.1, -0.05) is 0 Å². The zero-order chi connectivity index (χ0) is 12.5. The molecule has 0 amide bonds. The van der Waals surface area contributed by atoms with E-state index in [4.69, 9.17) is 4.74 Å². The highest BCUT2D eigenvalue weighted by atomic mass is 16.5. The molecule has 98 valence electrons. The second-order valence-electron chi connectivity index (χ2n) is 5.65. The first-order valence-corrected chi connectivity index (χ1v) is 6.64. The van der Waals surface area contributed by atoms with E-state index in [0.717, 1.165) is 25.9 Å². The quantitative estimate of drug-likeness (QED) is 0.819. The summed E-state index contributed by atoms with van der Waals surface area (Å²) in [6, 6.07) is 0. The van der Waals surface area contributed by atoms with E-state index in [1.165, 1.54) is 12.8 Å². The molecule has 2 atom stereocenters. The van der Waals surface area contributed by atoms with Crippen LogP contribution in [0, 0.1) is 0 Å². The summed E-state index contributed by atoms with van der Waals surface area (Å²) in [6.07, 6.45) is 4.69. The molecule has 2 rings (SSSR count). The largest absolute Gasteiger partial charge is 0.481 e. The summed E-state index contributed by atoms with van der Waals surface area (Å²) in [4.78, 5) is 13.6. The van der Waals surface area contributed by atoms with Gasteiger partial charge in [-0.3, -0.25) is 9.69 Å². The van der Waals surface area contributed by atoms with Crippen molar-refractivity contribution in [3.8, 4) is 0 Å². The van der Waals surface area contributed by atoms with Gasteiger partial charge in [-0.05, 0) is 52.6 Å². The maximum absolute atomic E-state index is 11.2. The average Bonchev–Trinajstić information content (AvgIpc) is 2.66. The van der Waals surface area contributed by atoms with Gasteiger partial charge in [0.15, 0.2) is 0 Å². The predicted octanol–water partition coefficient (Wildman–Crippen LogP) is 1.88. The lowest BCUT2D eigenvalue weighted by atomic mass is 9.80. The molecule has 0 aromatic carbocycles. The SMILES string of the molecule is CC1CC(CC(=O)O)(N2CCCC2)CC(C)O1. The molecule has 0 aromatic rings. The van der Waals surface area contributed by atoms with Crippen LogP contribution in [0.1, 0.15) is 46.0 Å². The Morgan fingerprint density at radius 3 is 2.29 bits per heavy atom. The summed E-state index contributed by atoms with van der Waals surface area (Å²) in [5.41, 5.74) is -0.167. The van der Waals surface area contributed by atoms with Crippen LogP contribution in [0.4, 0.5) is 0 Å². The van der Waals surface area contributed by atoms with Crippen molar-refractivity contribution in [1.29, 1.82) is 0 Å². The zero-order valence-electron chi connectivity index (χ0n) is 10.8. The number of hydrogen-bond donors (Lipinski definition) is 1. The maximum Gasteiger partial charge on any atom is 0.305 e. The van der Waals surface area contributed by atoms with Gasteiger partial charge in [0.2, 0.25) is 0 Å². The molecule has 2 unspecified atom stereocenters. The molecule has 0 saturated carbocycles. The number of aliphatic carboxylic acids is 1. The first-order valence-electron chi connectivity index (χ1n) is 6.64. The molecule has 4 heteroatoms. The molecule has 1 N–H and O–H groups in total. The van der Waals surface area contributed by atoms with Crippen LogP contribution in [0.5, 0.6) is 0 Å². The average molecular weight is 241 g/mol. The lowest BCUT2D eigenvalue weighted by Crippen LogP contribution is -2.55. The Kier molecular flexibility index (Phi) is 3.73. The smallest absolute Gasteiger partial charge is 0.305 e. The van der Waals surface area contributed by atoms with E-state index in [1.807, 2.05) is 0 Å². The highest BCUT2D eigenvalue weighted by Gasteiger charge is 2.45.